The Labute approximate surface area is 138 Å². The Balaban J connectivity index is 2.28. The lowest BCUT2D eigenvalue weighted by Gasteiger charge is -2.05. The molecule has 0 bridgehead atoms. The molecule has 1 amide bonds. The third kappa shape index (κ3) is 3.64. The maximum Gasteiger partial charge on any atom is 0.338 e. The average molecular weight is 389 g/mol. The first-order valence-electron chi connectivity index (χ1n) is 6.04. The van der Waals surface area contributed by atoms with Crippen molar-refractivity contribution >= 4 is 55.7 Å². The molecule has 0 atom stereocenters. The zero-order valence-corrected chi connectivity index (χ0v) is 14.1. The van der Waals surface area contributed by atoms with Gasteiger partial charge in [-0.15, -0.1) is 11.3 Å². The summed E-state index contributed by atoms with van der Waals surface area (Å²) in [6, 6.07) is 6.38. The molecule has 110 valence electrons. The van der Waals surface area contributed by atoms with E-state index in [9.17, 15) is 9.59 Å². The summed E-state index contributed by atoms with van der Waals surface area (Å²) < 4.78 is 0.691. The van der Waals surface area contributed by atoms with Gasteiger partial charge in [-0.3, -0.25) is 4.79 Å². The molecule has 0 saturated heterocycles. The molecule has 0 unspecified atom stereocenters. The number of thiophene rings is 1. The van der Waals surface area contributed by atoms with Gasteiger partial charge in [-0.2, -0.15) is 0 Å². The van der Waals surface area contributed by atoms with Crippen molar-refractivity contribution in [3.8, 4) is 0 Å². The number of halogens is 2. The summed E-state index contributed by atoms with van der Waals surface area (Å²) >= 11 is 10.5. The topological polar surface area (TPSA) is 66.4 Å². The largest absolute Gasteiger partial charge is 0.478 e. The summed E-state index contributed by atoms with van der Waals surface area (Å²) in [5.41, 5.74) is 0.472. The lowest BCUT2D eigenvalue weighted by Crippen LogP contribution is -2.13. The molecule has 0 aliphatic rings. The van der Waals surface area contributed by atoms with Crippen LogP contribution in [-0.4, -0.2) is 17.0 Å². The van der Waals surface area contributed by atoms with Gasteiger partial charge in [-0.05, 0) is 46.6 Å². The van der Waals surface area contributed by atoms with E-state index in [1.54, 1.807) is 18.2 Å². The fourth-order valence-corrected chi connectivity index (χ4v) is 3.09. The number of nitrogens with one attached hydrogen (secondary N) is 1. The van der Waals surface area contributed by atoms with E-state index < -0.39 is 11.9 Å². The van der Waals surface area contributed by atoms with Crippen molar-refractivity contribution in [1.82, 2.24) is 0 Å². The Morgan fingerprint density at radius 1 is 1.38 bits per heavy atom. The number of carboxylic acids is 1. The van der Waals surface area contributed by atoms with Gasteiger partial charge < -0.3 is 10.4 Å². The van der Waals surface area contributed by atoms with Crippen LogP contribution in [0.15, 0.2) is 28.7 Å². The van der Waals surface area contributed by atoms with Gasteiger partial charge in [-0.1, -0.05) is 18.5 Å². The molecule has 2 rings (SSSR count). The van der Waals surface area contributed by atoms with Crippen molar-refractivity contribution < 1.29 is 14.7 Å². The van der Waals surface area contributed by atoms with E-state index in [2.05, 4.69) is 21.2 Å². The van der Waals surface area contributed by atoms with Crippen molar-refractivity contribution in [3.63, 3.8) is 0 Å². The summed E-state index contributed by atoms with van der Waals surface area (Å²) in [5.74, 6) is -1.45. The first-order chi connectivity index (χ1) is 9.92. The number of rotatable bonds is 4. The lowest BCUT2D eigenvalue weighted by molar-refractivity contribution is 0.0698. The normalized spacial score (nSPS) is 10.4. The summed E-state index contributed by atoms with van der Waals surface area (Å²) in [7, 11) is 0. The van der Waals surface area contributed by atoms with Gasteiger partial charge in [0, 0.05) is 14.9 Å². The molecule has 4 nitrogen and oxygen atoms in total. The number of carbonyl (C=O) groups is 2. The third-order valence-electron chi connectivity index (χ3n) is 2.77. The van der Waals surface area contributed by atoms with Crippen LogP contribution < -0.4 is 5.32 Å². The van der Waals surface area contributed by atoms with Crippen LogP contribution >= 0.6 is 38.9 Å². The number of benzene rings is 1. The molecule has 0 spiro atoms. The van der Waals surface area contributed by atoms with Crippen molar-refractivity contribution in [2.45, 2.75) is 13.3 Å². The molecule has 0 aliphatic carbocycles. The average Bonchev–Trinajstić information content (AvgIpc) is 2.85. The number of aromatic carboxylic acids is 1. The molecule has 0 aliphatic heterocycles. The van der Waals surface area contributed by atoms with Crippen molar-refractivity contribution in [2.75, 3.05) is 5.32 Å². The first-order valence-corrected chi connectivity index (χ1v) is 8.03. The summed E-state index contributed by atoms with van der Waals surface area (Å²) in [6.07, 6.45) is 0.713. The van der Waals surface area contributed by atoms with E-state index in [-0.39, 0.29) is 5.56 Å². The van der Waals surface area contributed by atoms with Gasteiger partial charge in [0.25, 0.3) is 5.91 Å². The smallest absolute Gasteiger partial charge is 0.338 e. The quantitative estimate of drug-likeness (QED) is 0.799. The minimum absolute atomic E-state index is 0.105. The molecule has 2 N–H and O–H groups in total. The summed E-state index contributed by atoms with van der Waals surface area (Å²) in [6.45, 7) is 1.93. The van der Waals surface area contributed by atoms with Gasteiger partial charge in [0.05, 0.1) is 10.6 Å². The maximum absolute atomic E-state index is 12.2. The van der Waals surface area contributed by atoms with Crippen LogP contribution in [0, 0.1) is 0 Å². The number of hydrogen-bond acceptors (Lipinski definition) is 3. The molecule has 1 aromatic carbocycles. The van der Waals surface area contributed by atoms with E-state index >= 15 is 0 Å². The molecule has 0 fully saturated rings. The molecule has 1 heterocycles. The Bertz CT molecular complexity index is 714. The van der Waals surface area contributed by atoms with Crippen LogP contribution in [0.5, 0.6) is 0 Å². The van der Waals surface area contributed by atoms with Gasteiger partial charge in [0.2, 0.25) is 0 Å². The highest BCUT2D eigenvalue weighted by atomic mass is 79.9. The van der Waals surface area contributed by atoms with E-state index in [4.69, 9.17) is 16.7 Å². The summed E-state index contributed by atoms with van der Waals surface area (Å²) in [5, 5.41) is 12.6. The monoisotopic (exact) mass is 387 g/mol. The Morgan fingerprint density at radius 3 is 2.67 bits per heavy atom. The number of anilines is 1. The lowest BCUT2D eigenvalue weighted by atomic mass is 10.2. The highest BCUT2D eigenvalue weighted by molar-refractivity contribution is 9.10. The number of carbonyl (C=O) groups excluding carboxylic acids is 1. The Kier molecular flexibility index (Phi) is 5.03. The fourth-order valence-electron chi connectivity index (χ4n) is 1.68. The molecular weight excluding hydrogens is 378 g/mol. The number of carboxylic acid groups (broad SMARTS) is 1. The minimum atomic E-state index is -1.06. The van der Waals surface area contributed by atoms with Crippen LogP contribution in [0.3, 0.4) is 0 Å². The third-order valence-corrected chi connectivity index (χ3v) is 5.20. The Morgan fingerprint density at radius 2 is 2.10 bits per heavy atom. The maximum atomic E-state index is 12.2. The second kappa shape index (κ2) is 6.60. The second-order valence-corrected chi connectivity index (χ2v) is 6.60. The van der Waals surface area contributed by atoms with E-state index in [1.807, 2.05) is 6.92 Å². The Hall–Kier alpha value is -1.37. The van der Waals surface area contributed by atoms with Crippen LogP contribution in [0.2, 0.25) is 5.02 Å². The van der Waals surface area contributed by atoms with E-state index in [0.717, 1.165) is 4.88 Å². The number of hydrogen-bond donors (Lipinski definition) is 2. The molecule has 7 heteroatoms. The van der Waals surface area contributed by atoms with Gasteiger partial charge in [-0.25, -0.2) is 4.79 Å². The highest BCUT2D eigenvalue weighted by Gasteiger charge is 2.17. The molecule has 0 saturated carbocycles. The molecule has 1 aromatic heterocycles. The molecule has 2 aromatic rings. The zero-order valence-electron chi connectivity index (χ0n) is 10.9. The fraction of sp³-hybridized carbons (Fsp3) is 0.143. The van der Waals surface area contributed by atoms with Gasteiger partial charge in [0.1, 0.15) is 5.00 Å². The van der Waals surface area contributed by atoms with Gasteiger partial charge in [0.15, 0.2) is 0 Å². The van der Waals surface area contributed by atoms with Crippen molar-refractivity contribution in [2.24, 2.45) is 0 Å². The highest BCUT2D eigenvalue weighted by Crippen LogP contribution is 2.30. The summed E-state index contributed by atoms with van der Waals surface area (Å²) in [4.78, 5) is 24.3. The molecule has 0 radical (unpaired) electrons. The predicted octanol–water partition coefficient (Wildman–Crippen LogP) is 4.68. The van der Waals surface area contributed by atoms with Crippen molar-refractivity contribution in [3.05, 3.63) is 49.8 Å². The van der Waals surface area contributed by atoms with Crippen LogP contribution in [-0.2, 0) is 6.42 Å². The molecule has 21 heavy (non-hydrogen) atoms. The van der Waals surface area contributed by atoms with Crippen LogP contribution in [0.1, 0.15) is 32.5 Å². The zero-order chi connectivity index (χ0) is 15.6. The first kappa shape index (κ1) is 16.0. The minimum Gasteiger partial charge on any atom is -0.478 e. The van der Waals surface area contributed by atoms with Crippen LogP contribution in [0.4, 0.5) is 5.00 Å². The predicted molar refractivity (Wildman–Crippen MR) is 87.8 cm³/mol. The van der Waals surface area contributed by atoms with Gasteiger partial charge >= 0.3 is 5.97 Å². The number of aryl methyl sites for hydroxylation is 1. The standard InChI is InChI=1S/C14H11BrClNO3S/c1-2-8-6-9(14(19)20)13(21-8)17-12(18)7-3-4-10(15)11(16)5-7/h3-6H,2H2,1H3,(H,17,18)(H,19,20). The van der Waals surface area contributed by atoms with E-state index in [0.29, 0.717) is 26.5 Å². The molecular formula is C14H11BrClNO3S. The second-order valence-electron chi connectivity index (χ2n) is 4.20. The van der Waals surface area contributed by atoms with Crippen molar-refractivity contribution in [1.29, 1.82) is 0 Å². The van der Waals surface area contributed by atoms with Crippen LogP contribution in [0.25, 0.3) is 0 Å². The number of amides is 1. The van der Waals surface area contributed by atoms with E-state index in [1.165, 1.54) is 17.4 Å². The SMILES string of the molecule is CCc1cc(C(=O)O)c(NC(=O)c2ccc(Br)c(Cl)c2)s1.